The van der Waals surface area contributed by atoms with Gasteiger partial charge in [-0.05, 0) is 91.4 Å². The smallest absolute Gasteiger partial charge is 0.264 e. The molecular weight excluding hydrogens is 426 g/mol. The van der Waals surface area contributed by atoms with Crippen LogP contribution in [0.3, 0.4) is 0 Å². The van der Waals surface area contributed by atoms with Crippen LogP contribution < -0.4 is 10.2 Å². The number of anilines is 1. The van der Waals surface area contributed by atoms with Crippen LogP contribution in [-0.4, -0.2) is 23.7 Å². The summed E-state index contributed by atoms with van der Waals surface area (Å²) in [5.41, 5.74) is 5.47. The number of aliphatic imine (C=N–C) groups is 1. The minimum absolute atomic E-state index is 0.0810. The maximum atomic E-state index is 12.5. The zero-order valence-corrected chi connectivity index (χ0v) is 20.2. The molecule has 0 bridgehead atoms. The van der Waals surface area contributed by atoms with Gasteiger partial charge >= 0.3 is 0 Å². The van der Waals surface area contributed by atoms with Gasteiger partial charge in [-0.2, -0.15) is 0 Å². The molecule has 1 atom stereocenters. The van der Waals surface area contributed by atoms with E-state index in [1.54, 1.807) is 0 Å². The Kier molecular flexibility index (Phi) is 5.93. The van der Waals surface area contributed by atoms with Crippen LogP contribution in [-0.2, 0) is 11.2 Å². The number of thioether (sulfide) groups is 1. The summed E-state index contributed by atoms with van der Waals surface area (Å²) < 4.78 is 0. The molecule has 2 aromatic rings. The number of aryl methyl sites for hydroxylation is 1. The highest BCUT2D eigenvalue weighted by Crippen LogP contribution is 2.45. The van der Waals surface area contributed by atoms with E-state index in [0.717, 1.165) is 29.8 Å². The first-order valence-corrected chi connectivity index (χ1v) is 11.8. The van der Waals surface area contributed by atoms with E-state index in [-0.39, 0.29) is 11.4 Å². The van der Waals surface area contributed by atoms with E-state index in [1.807, 2.05) is 24.3 Å². The van der Waals surface area contributed by atoms with E-state index in [1.165, 1.54) is 22.9 Å². The Balaban J connectivity index is 1.62. The average molecular weight is 454 g/mol. The van der Waals surface area contributed by atoms with E-state index < -0.39 is 0 Å². The number of carbonyl (C=O) groups is 1. The number of nitrogens with one attached hydrogen (secondary N) is 1. The highest BCUT2D eigenvalue weighted by atomic mass is 35.5. The van der Waals surface area contributed by atoms with E-state index in [0.29, 0.717) is 21.0 Å². The molecule has 162 valence electrons. The summed E-state index contributed by atoms with van der Waals surface area (Å²) in [5, 5.41) is 4.10. The lowest BCUT2D eigenvalue weighted by Gasteiger charge is -2.45. The Morgan fingerprint density at radius 2 is 2.00 bits per heavy atom. The molecule has 1 N–H and O–H groups in total. The summed E-state index contributed by atoms with van der Waals surface area (Å²) in [4.78, 5) is 20.0. The van der Waals surface area contributed by atoms with Crippen LogP contribution in [0.4, 0.5) is 11.4 Å². The molecular formula is C25H28ClN3OS. The quantitative estimate of drug-likeness (QED) is 0.538. The Labute approximate surface area is 193 Å². The van der Waals surface area contributed by atoms with Crippen molar-refractivity contribution in [1.82, 2.24) is 5.32 Å². The van der Waals surface area contributed by atoms with Crippen LogP contribution in [0.2, 0.25) is 5.02 Å². The molecule has 4 nitrogen and oxygen atoms in total. The lowest BCUT2D eigenvalue weighted by Crippen LogP contribution is -2.45. The predicted molar refractivity (Wildman–Crippen MR) is 134 cm³/mol. The van der Waals surface area contributed by atoms with Gasteiger partial charge in [-0.3, -0.25) is 4.79 Å². The van der Waals surface area contributed by atoms with Gasteiger partial charge in [0.05, 0.1) is 10.6 Å². The number of amides is 1. The van der Waals surface area contributed by atoms with Crippen molar-refractivity contribution < 1.29 is 4.79 Å². The fraction of sp³-hybridized carbons (Fsp3) is 0.360. The van der Waals surface area contributed by atoms with Gasteiger partial charge in [0.2, 0.25) is 0 Å². The normalized spacial score (nSPS) is 22.7. The zero-order chi connectivity index (χ0) is 22.3. The van der Waals surface area contributed by atoms with Crippen molar-refractivity contribution in [2.24, 2.45) is 4.99 Å². The van der Waals surface area contributed by atoms with Crippen LogP contribution in [0.5, 0.6) is 0 Å². The summed E-state index contributed by atoms with van der Waals surface area (Å²) >= 11 is 7.99. The monoisotopic (exact) mass is 453 g/mol. The predicted octanol–water partition coefficient (Wildman–Crippen LogP) is 6.52. The molecule has 0 saturated carbocycles. The third-order valence-corrected chi connectivity index (χ3v) is 7.50. The molecule has 0 unspecified atom stereocenters. The molecule has 0 spiro atoms. The number of carbonyl (C=O) groups excluding carboxylic acids is 1. The molecule has 2 aromatic carbocycles. The second-order valence-electron chi connectivity index (χ2n) is 8.91. The molecule has 6 heteroatoms. The number of rotatable bonds is 3. The first-order chi connectivity index (χ1) is 14.7. The molecule has 1 amide bonds. The van der Waals surface area contributed by atoms with Crippen molar-refractivity contribution >= 4 is 51.9 Å². The second-order valence-corrected chi connectivity index (χ2v) is 10.3. The van der Waals surface area contributed by atoms with Crippen molar-refractivity contribution in [3.8, 4) is 0 Å². The SMILES string of the molecule is CCc1ccc(N=C2NC(=O)/C(=C/c3cc4c(cc3Cl)N(C)C(C)(C)C[C@H]4C)S2)cc1. The summed E-state index contributed by atoms with van der Waals surface area (Å²) in [5.74, 6) is 0.276. The summed E-state index contributed by atoms with van der Waals surface area (Å²) in [7, 11) is 2.12. The average Bonchev–Trinajstić information content (AvgIpc) is 3.06. The second kappa shape index (κ2) is 8.36. The van der Waals surface area contributed by atoms with Crippen molar-refractivity contribution in [2.45, 2.75) is 52.0 Å². The number of amidine groups is 1. The Morgan fingerprint density at radius 3 is 2.68 bits per heavy atom. The van der Waals surface area contributed by atoms with Crippen LogP contribution in [0, 0.1) is 0 Å². The number of hydrogen-bond donors (Lipinski definition) is 1. The van der Waals surface area contributed by atoms with Crippen LogP contribution in [0.25, 0.3) is 6.08 Å². The number of halogens is 1. The summed E-state index contributed by atoms with van der Waals surface area (Å²) in [6.45, 7) is 8.89. The lowest BCUT2D eigenvalue weighted by molar-refractivity contribution is -0.115. The summed E-state index contributed by atoms with van der Waals surface area (Å²) in [6.07, 6.45) is 3.93. The van der Waals surface area contributed by atoms with Crippen molar-refractivity contribution in [2.75, 3.05) is 11.9 Å². The summed E-state index contributed by atoms with van der Waals surface area (Å²) in [6, 6.07) is 12.2. The highest BCUT2D eigenvalue weighted by molar-refractivity contribution is 8.18. The minimum atomic E-state index is -0.144. The molecule has 31 heavy (non-hydrogen) atoms. The Bertz CT molecular complexity index is 1090. The third kappa shape index (κ3) is 4.39. The Hall–Kier alpha value is -2.24. The van der Waals surface area contributed by atoms with Gasteiger partial charge in [-0.25, -0.2) is 4.99 Å². The van der Waals surface area contributed by atoms with Gasteiger partial charge in [-0.1, -0.05) is 37.6 Å². The molecule has 1 fully saturated rings. The van der Waals surface area contributed by atoms with E-state index in [9.17, 15) is 4.79 Å². The first kappa shape index (κ1) is 22.0. The van der Waals surface area contributed by atoms with Gasteiger partial charge in [0.15, 0.2) is 5.17 Å². The van der Waals surface area contributed by atoms with E-state index in [2.05, 4.69) is 68.2 Å². The molecule has 1 saturated heterocycles. The lowest BCUT2D eigenvalue weighted by atomic mass is 9.80. The largest absolute Gasteiger partial charge is 0.369 e. The van der Waals surface area contributed by atoms with E-state index in [4.69, 9.17) is 11.6 Å². The zero-order valence-electron chi connectivity index (χ0n) is 18.6. The molecule has 0 radical (unpaired) electrons. The van der Waals surface area contributed by atoms with Gasteiger partial charge in [0.1, 0.15) is 0 Å². The fourth-order valence-electron chi connectivity index (χ4n) is 4.26. The molecule has 2 aliphatic heterocycles. The number of benzene rings is 2. The maximum Gasteiger partial charge on any atom is 0.264 e. The number of fused-ring (bicyclic) bond motifs is 1. The minimum Gasteiger partial charge on any atom is -0.369 e. The van der Waals surface area contributed by atoms with Gasteiger partial charge in [0, 0.05) is 23.3 Å². The first-order valence-electron chi connectivity index (χ1n) is 10.6. The highest BCUT2D eigenvalue weighted by Gasteiger charge is 2.34. The fourth-order valence-corrected chi connectivity index (χ4v) is 5.31. The van der Waals surface area contributed by atoms with Crippen molar-refractivity contribution in [3.05, 3.63) is 63.0 Å². The maximum absolute atomic E-state index is 12.5. The molecule has 0 aliphatic carbocycles. The molecule has 2 heterocycles. The van der Waals surface area contributed by atoms with Crippen LogP contribution in [0.1, 0.15) is 56.7 Å². The third-order valence-electron chi connectivity index (χ3n) is 6.26. The molecule has 4 rings (SSSR count). The Morgan fingerprint density at radius 1 is 1.29 bits per heavy atom. The van der Waals surface area contributed by atoms with Crippen molar-refractivity contribution in [3.63, 3.8) is 0 Å². The van der Waals surface area contributed by atoms with Crippen molar-refractivity contribution in [1.29, 1.82) is 0 Å². The van der Waals surface area contributed by atoms with Gasteiger partial charge in [-0.15, -0.1) is 0 Å². The number of nitrogens with zero attached hydrogens (tertiary/aromatic N) is 2. The standard InChI is InChI=1S/C25H28ClN3OS/c1-6-16-7-9-18(10-8-16)27-24-28-23(30)22(31-24)12-17-11-19-15(2)14-25(3,4)29(5)21(19)13-20(17)26/h7-13,15H,6,14H2,1-5H3,(H,27,28,30)/b22-12-/t15-/m1/s1. The molecule has 0 aromatic heterocycles. The number of hydrogen-bond acceptors (Lipinski definition) is 4. The van der Waals surface area contributed by atoms with Gasteiger partial charge < -0.3 is 10.2 Å². The van der Waals surface area contributed by atoms with Crippen LogP contribution in [0.15, 0.2) is 46.3 Å². The topological polar surface area (TPSA) is 44.7 Å². The van der Waals surface area contributed by atoms with E-state index >= 15 is 0 Å². The van der Waals surface area contributed by atoms with Crippen LogP contribution >= 0.6 is 23.4 Å². The van der Waals surface area contributed by atoms with Gasteiger partial charge in [0.25, 0.3) is 5.91 Å². The molecule has 2 aliphatic rings.